The van der Waals surface area contributed by atoms with Crippen molar-refractivity contribution in [3.63, 3.8) is 0 Å². The van der Waals surface area contributed by atoms with Crippen molar-refractivity contribution in [2.24, 2.45) is 53.3 Å². The van der Waals surface area contributed by atoms with Crippen LogP contribution in [0.3, 0.4) is 0 Å². The van der Waals surface area contributed by atoms with Crippen LogP contribution in [0.5, 0.6) is 11.5 Å². The summed E-state index contributed by atoms with van der Waals surface area (Å²) >= 11 is 0. The molecular weight excluding hydrogens is 636 g/mol. The number of rotatable bonds is 11. The minimum Gasteiger partial charge on any atom is -0.497 e. The molecule has 0 radical (unpaired) electrons. The summed E-state index contributed by atoms with van der Waals surface area (Å²) in [5.41, 5.74) is 0. The number of benzene rings is 1. The molecule has 284 valence electrons. The summed E-state index contributed by atoms with van der Waals surface area (Å²) in [5, 5.41) is 6.76. The lowest BCUT2D eigenvalue weighted by Crippen LogP contribution is -2.52. The number of methoxy groups -OCH3 is 1. The smallest absolute Gasteiger partial charge is 0.314 e. The van der Waals surface area contributed by atoms with Crippen LogP contribution in [0.2, 0.25) is 0 Å². The molecule has 5 aliphatic carbocycles. The third kappa shape index (κ3) is 10.3. The summed E-state index contributed by atoms with van der Waals surface area (Å²) < 4.78 is 11.1. The average Bonchev–Trinajstić information content (AvgIpc) is 3.18. The lowest BCUT2D eigenvalue weighted by molar-refractivity contribution is -0.142. The van der Waals surface area contributed by atoms with Gasteiger partial charge >= 0.3 is 5.97 Å². The number of hydrogen-bond acceptors (Lipinski definition) is 5. The molecule has 7 nitrogen and oxygen atoms in total. The maximum Gasteiger partial charge on any atom is 0.314 e. The van der Waals surface area contributed by atoms with Gasteiger partial charge in [-0.3, -0.25) is 14.4 Å². The van der Waals surface area contributed by atoms with E-state index in [1.165, 1.54) is 64.2 Å². The molecule has 0 aliphatic heterocycles. The van der Waals surface area contributed by atoms with Crippen molar-refractivity contribution in [3.8, 4) is 11.5 Å². The average molecular weight is 705 g/mol. The predicted octanol–water partition coefficient (Wildman–Crippen LogP) is 9.42. The predicted molar refractivity (Wildman–Crippen MR) is 202 cm³/mol. The van der Waals surface area contributed by atoms with E-state index >= 15 is 0 Å². The van der Waals surface area contributed by atoms with Gasteiger partial charge in [0.15, 0.2) is 0 Å². The third-order valence-electron chi connectivity index (χ3n) is 14.6. The molecule has 1 aromatic carbocycles. The van der Waals surface area contributed by atoms with Gasteiger partial charge in [-0.2, -0.15) is 0 Å². The molecule has 0 spiro atoms. The molecule has 2 atom stereocenters. The fraction of sp³-hybridized carbons (Fsp3) is 0.795. The molecular formula is C44H68N2O5. The van der Waals surface area contributed by atoms with E-state index in [0.29, 0.717) is 30.8 Å². The van der Waals surface area contributed by atoms with E-state index < -0.39 is 5.92 Å². The fourth-order valence-corrected chi connectivity index (χ4v) is 11.1. The highest BCUT2D eigenvalue weighted by Crippen LogP contribution is 2.43. The quantitative estimate of drug-likeness (QED) is 0.177. The van der Waals surface area contributed by atoms with Crippen LogP contribution in [0.1, 0.15) is 149 Å². The van der Waals surface area contributed by atoms with E-state index in [0.717, 1.165) is 86.9 Å². The number of nitrogens with one attached hydrogen (secondary N) is 2. The Hall–Kier alpha value is -2.57. The molecule has 0 bridgehead atoms. The molecule has 7 heteroatoms. The minimum absolute atomic E-state index is 0.0418. The molecule has 51 heavy (non-hydrogen) atoms. The Morgan fingerprint density at radius 2 is 0.902 bits per heavy atom. The van der Waals surface area contributed by atoms with E-state index in [1.54, 1.807) is 31.4 Å². The zero-order valence-corrected chi connectivity index (χ0v) is 32.1. The van der Waals surface area contributed by atoms with Crippen molar-refractivity contribution in [1.82, 2.24) is 10.6 Å². The summed E-state index contributed by atoms with van der Waals surface area (Å²) in [5.74, 6) is 5.88. The van der Waals surface area contributed by atoms with Crippen LogP contribution in [0.15, 0.2) is 24.3 Å². The molecule has 0 aromatic heterocycles. The van der Waals surface area contributed by atoms with Crippen molar-refractivity contribution >= 4 is 17.8 Å². The Labute approximate surface area is 308 Å². The van der Waals surface area contributed by atoms with Crippen molar-refractivity contribution in [1.29, 1.82) is 0 Å². The second kappa shape index (κ2) is 18.5. The number of esters is 1. The molecule has 2 amide bonds. The van der Waals surface area contributed by atoms with Crippen LogP contribution in [0.25, 0.3) is 0 Å². The third-order valence-corrected chi connectivity index (χ3v) is 14.6. The van der Waals surface area contributed by atoms with Gasteiger partial charge in [0.25, 0.3) is 0 Å². The molecule has 5 aliphatic rings. The number of carbonyl (C=O) groups is 3. The lowest BCUT2D eigenvalue weighted by Gasteiger charge is -2.39. The molecule has 6 rings (SSSR count). The maximum atomic E-state index is 13.7. The van der Waals surface area contributed by atoms with Gasteiger partial charge in [-0.15, -0.1) is 0 Å². The van der Waals surface area contributed by atoms with Crippen molar-refractivity contribution in [2.75, 3.05) is 7.11 Å². The van der Waals surface area contributed by atoms with Crippen LogP contribution in [0.4, 0.5) is 0 Å². The van der Waals surface area contributed by atoms with Crippen LogP contribution in [-0.4, -0.2) is 37.0 Å². The SMILES string of the molecule is CCC1CCC(C2CCC(C(=O)NC3CC(NC(=O)C4CCC(C5CCC(CC)CC5)CC4)CC(C(=O)Oc4ccc(OC)cc4)C3)CC2)CC1. The Balaban J connectivity index is 1.02. The van der Waals surface area contributed by atoms with Crippen molar-refractivity contribution < 1.29 is 23.9 Å². The van der Waals surface area contributed by atoms with E-state index in [4.69, 9.17) is 9.47 Å². The van der Waals surface area contributed by atoms with E-state index in [2.05, 4.69) is 24.5 Å². The minimum atomic E-state index is -0.403. The number of ether oxygens (including phenoxy) is 2. The van der Waals surface area contributed by atoms with E-state index in [1.807, 2.05) is 0 Å². The highest BCUT2D eigenvalue weighted by molar-refractivity contribution is 5.81. The van der Waals surface area contributed by atoms with Gasteiger partial charge in [-0.1, -0.05) is 52.4 Å². The van der Waals surface area contributed by atoms with E-state index in [-0.39, 0.29) is 41.7 Å². The monoisotopic (exact) mass is 705 g/mol. The summed E-state index contributed by atoms with van der Waals surface area (Å²) in [6, 6.07) is 6.73. The number of amides is 2. The van der Waals surface area contributed by atoms with Crippen LogP contribution in [0, 0.1) is 53.3 Å². The first-order valence-electron chi connectivity index (χ1n) is 21.3. The number of carbonyl (C=O) groups excluding carboxylic acids is 3. The van der Waals surface area contributed by atoms with Gasteiger partial charge < -0.3 is 20.1 Å². The summed E-state index contributed by atoms with van der Waals surface area (Å²) in [7, 11) is 1.61. The van der Waals surface area contributed by atoms with Gasteiger partial charge in [0, 0.05) is 23.9 Å². The Morgan fingerprint density at radius 3 is 1.27 bits per heavy atom. The van der Waals surface area contributed by atoms with Crippen LogP contribution >= 0.6 is 0 Å². The fourth-order valence-electron chi connectivity index (χ4n) is 11.1. The largest absolute Gasteiger partial charge is 0.497 e. The first kappa shape index (κ1) is 38.2. The Bertz CT molecular complexity index is 1180. The molecule has 5 fully saturated rings. The van der Waals surface area contributed by atoms with Crippen molar-refractivity contribution in [3.05, 3.63) is 24.3 Å². The summed E-state index contributed by atoms with van der Waals surface area (Å²) in [4.78, 5) is 41.0. The van der Waals surface area contributed by atoms with Crippen molar-refractivity contribution in [2.45, 2.75) is 161 Å². The van der Waals surface area contributed by atoms with Crippen LogP contribution < -0.4 is 20.1 Å². The van der Waals surface area contributed by atoms with Gasteiger partial charge in [0.1, 0.15) is 11.5 Å². The standard InChI is InChI=1S/C44H68N2O5/c1-4-29-6-10-31(11-7-29)33-14-18-35(19-15-33)42(47)45-38-26-37(44(49)51-41-24-22-40(50-3)23-25-41)27-39(28-38)46-43(48)36-20-16-34(17-21-36)32-12-8-30(5-2)9-13-32/h22-25,29-39H,4-21,26-28H2,1-3H3,(H,45,47)(H,46,48). The zero-order valence-electron chi connectivity index (χ0n) is 32.1. The summed E-state index contributed by atoms with van der Waals surface area (Å²) in [6.45, 7) is 4.65. The number of hydrogen-bond donors (Lipinski definition) is 2. The molecule has 0 heterocycles. The van der Waals surface area contributed by atoms with Gasteiger partial charge in [0.2, 0.25) is 11.8 Å². The Morgan fingerprint density at radius 1 is 0.529 bits per heavy atom. The normalized spacial score (nSPS) is 36.0. The maximum absolute atomic E-state index is 13.7. The molecule has 1 aromatic rings. The lowest BCUT2D eigenvalue weighted by atomic mass is 9.68. The second-order valence-corrected chi connectivity index (χ2v) is 17.5. The molecule has 2 N–H and O–H groups in total. The highest BCUT2D eigenvalue weighted by Gasteiger charge is 2.39. The zero-order chi connectivity index (χ0) is 35.7. The molecule has 5 saturated carbocycles. The topological polar surface area (TPSA) is 93.7 Å². The summed E-state index contributed by atoms with van der Waals surface area (Å²) in [6.07, 6.45) is 23.8. The van der Waals surface area contributed by atoms with E-state index in [9.17, 15) is 14.4 Å². The van der Waals surface area contributed by atoms with Crippen LogP contribution in [-0.2, 0) is 14.4 Å². The highest BCUT2D eigenvalue weighted by atomic mass is 16.5. The Kier molecular flexibility index (Phi) is 13.8. The van der Waals surface area contributed by atoms with Gasteiger partial charge in [0.05, 0.1) is 13.0 Å². The molecule has 2 unspecified atom stereocenters. The molecule has 0 saturated heterocycles. The first-order chi connectivity index (χ1) is 24.8. The van der Waals surface area contributed by atoms with Gasteiger partial charge in [-0.25, -0.2) is 0 Å². The second-order valence-electron chi connectivity index (χ2n) is 17.5. The first-order valence-corrected chi connectivity index (χ1v) is 21.3. The van der Waals surface area contributed by atoms with Gasteiger partial charge in [-0.05, 0) is 156 Å².